The molecule has 0 saturated heterocycles. The van der Waals surface area contributed by atoms with Crippen molar-refractivity contribution in [3.8, 4) is 0 Å². The van der Waals surface area contributed by atoms with Crippen LogP contribution in [-0.2, 0) is 10.0 Å². The summed E-state index contributed by atoms with van der Waals surface area (Å²) in [6, 6.07) is 0.995. The SMILES string of the molecule is CC(C)C(CNS(=O)(=O)c1cc([N+](=O)[O-])c(Cl)s1)C(C)C. The Hall–Kier alpha value is -0.700. The molecule has 1 N–H and O–H groups in total. The van der Waals surface area contributed by atoms with Gasteiger partial charge in [0, 0.05) is 12.6 Å². The fourth-order valence-corrected chi connectivity index (χ4v) is 4.90. The average molecular weight is 355 g/mol. The Morgan fingerprint density at radius 1 is 1.33 bits per heavy atom. The van der Waals surface area contributed by atoms with Crippen molar-refractivity contribution < 1.29 is 13.3 Å². The number of hydrogen-bond acceptors (Lipinski definition) is 5. The maximum absolute atomic E-state index is 12.2. The van der Waals surface area contributed by atoms with E-state index in [0.29, 0.717) is 29.7 Å². The minimum absolute atomic E-state index is 0.134. The number of halogens is 1. The zero-order chi connectivity index (χ0) is 16.4. The third-order valence-corrected chi connectivity index (χ3v) is 6.56. The molecule has 1 rings (SSSR count). The summed E-state index contributed by atoms with van der Waals surface area (Å²) in [6.45, 7) is 8.43. The van der Waals surface area contributed by atoms with E-state index in [4.69, 9.17) is 11.6 Å². The number of thiophene rings is 1. The van der Waals surface area contributed by atoms with Gasteiger partial charge in [-0.15, -0.1) is 11.3 Å². The van der Waals surface area contributed by atoms with E-state index in [-0.39, 0.29) is 20.2 Å². The molecule has 6 nitrogen and oxygen atoms in total. The predicted molar refractivity (Wildman–Crippen MR) is 84.3 cm³/mol. The topological polar surface area (TPSA) is 89.3 Å². The first kappa shape index (κ1) is 18.3. The van der Waals surface area contributed by atoms with Crippen LogP contribution in [-0.4, -0.2) is 19.9 Å². The average Bonchev–Trinajstić information content (AvgIpc) is 2.71. The van der Waals surface area contributed by atoms with Gasteiger partial charge in [-0.05, 0) is 17.8 Å². The summed E-state index contributed by atoms with van der Waals surface area (Å²) in [5.74, 6) is 0.841. The molecule has 1 aromatic heterocycles. The Morgan fingerprint density at radius 2 is 1.86 bits per heavy atom. The van der Waals surface area contributed by atoms with E-state index in [1.165, 1.54) is 0 Å². The fraction of sp³-hybridized carbons (Fsp3) is 0.667. The maximum Gasteiger partial charge on any atom is 0.300 e. The molecule has 120 valence electrons. The lowest BCUT2D eigenvalue weighted by Gasteiger charge is -2.24. The second-order valence-corrected chi connectivity index (χ2v) is 9.13. The maximum atomic E-state index is 12.2. The molecule has 21 heavy (non-hydrogen) atoms. The molecule has 9 heteroatoms. The first-order chi connectivity index (χ1) is 9.56. The number of nitrogens with zero attached hydrogens (tertiary/aromatic N) is 1. The van der Waals surface area contributed by atoms with Crippen molar-refractivity contribution in [1.82, 2.24) is 4.72 Å². The van der Waals surface area contributed by atoms with Gasteiger partial charge in [0.05, 0.1) is 4.92 Å². The highest BCUT2D eigenvalue weighted by molar-refractivity contribution is 7.91. The monoisotopic (exact) mass is 354 g/mol. The van der Waals surface area contributed by atoms with E-state index < -0.39 is 14.9 Å². The van der Waals surface area contributed by atoms with Crippen LogP contribution >= 0.6 is 22.9 Å². The lowest BCUT2D eigenvalue weighted by Crippen LogP contribution is -2.33. The summed E-state index contributed by atoms with van der Waals surface area (Å²) in [4.78, 5) is 10.0. The molecule has 0 aliphatic carbocycles. The Balaban J connectivity index is 2.92. The van der Waals surface area contributed by atoms with Crippen LogP contribution < -0.4 is 4.72 Å². The lowest BCUT2D eigenvalue weighted by atomic mass is 9.86. The summed E-state index contributed by atoms with van der Waals surface area (Å²) >= 11 is 6.39. The first-order valence-corrected chi connectivity index (χ1v) is 9.17. The Kier molecular flexibility index (Phi) is 6.15. The van der Waals surface area contributed by atoms with Gasteiger partial charge < -0.3 is 0 Å². The van der Waals surface area contributed by atoms with Gasteiger partial charge in [0.2, 0.25) is 10.0 Å². The van der Waals surface area contributed by atoms with Crippen molar-refractivity contribution in [2.45, 2.75) is 31.9 Å². The van der Waals surface area contributed by atoms with E-state index in [2.05, 4.69) is 4.72 Å². The van der Waals surface area contributed by atoms with Crippen LogP contribution in [0.2, 0.25) is 4.34 Å². The third-order valence-electron chi connectivity index (χ3n) is 3.33. The van der Waals surface area contributed by atoms with Crippen molar-refractivity contribution in [1.29, 1.82) is 0 Å². The van der Waals surface area contributed by atoms with E-state index in [9.17, 15) is 18.5 Å². The second-order valence-electron chi connectivity index (χ2n) is 5.49. The van der Waals surface area contributed by atoms with Crippen LogP contribution in [0.4, 0.5) is 5.69 Å². The summed E-state index contributed by atoms with van der Waals surface area (Å²) < 4.78 is 26.6. The van der Waals surface area contributed by atoms with Crippen LogP contribution in [0.15, 0.2) is 10.3 Å². The number of nitrogens with one attached hydrogen (secondary N) is 1. The molecular formula is C12H19ClN2O4S2. The number of sulfonamides is 1. The molecule has 0 fully saturated rings. The summed E-state index contributed by atoms with van der Waals surface area (Å²) in [5, 5.41) is 10.7. The smallest absolute Gasteiger partial charge is 0.258 e. The molecule has 1 aromatic rings. The van der Waals surface area contributed by atoms with Crippen molar-refractivity contribution in [3.05, 3.63) is 20.5 Å². The van der Waals surface area contributed by atoms with Crippen LogP contribution in [0.1, 0.15) is 27.7 Å². The highest BCUT2D eigenvalue weighted by atomic mass is 35.5. The highest BCUT2D eigenvalue weighted by Gasteiger charge is 2.27. The van der Waals surface area contributed by atoms with Gasteiger partial charge in [-0.2, -0.15) is 0 Å². The second kappa shape index (κ2) is 7.04. The predicted octanol–water partition coefficient (Wildman–Crippen LogP) is 3.52. The molecule has 0 bridgehead atoms. The van der Waals surface area contributed by atoms with Crippen molar-refractivity contribution in [2.24, 2.45) is 17.8 Å². The van der Waals surface area contributed by atoms with E-state index in [0.717, 1.165) is 6.07 Å². The van der Waals surface area contributed by atoms with Crippen LogP contribution in [0, 0.1) is 27.9 Å². The highest BCUT2D eigenvalue weighted by Crippen LogP contribution is 2.36. The number of hydrogen-bond donors (Lipinski definition) is 1. The van der Waals surface area contributed by atoms with Crippen LogP contribution in [0.25, 0.3) is 0 Å². The van der Waals surface area contributed by atoms with Crippen molar-refractivity contribution in [2.75, 3.05) is 6.54 Å². The quantitative estimate of drug-likeness (QED) is 0.599. The van der Waals surface area contributed by atoms with Crippen molar-refractivity contribution >= 4 is 38.6 Å². The van der Waals surface area contributed by atoms with Crippen LogP contribution in [0.3, 0.4) is 0 Å². The Bertz CT molecular complexity index is 603. The summed E-state index contributed by atoms with van der Waals surface area (Å²) in [6.07, 6.45) is 0. The molecule has 1 heterocycles. The largest absolute Gasteiger partial charge is 0.300 e. The minimum Gasteiger partial charge on any atom is -0.258 e. The van der Waals surface area contributed by atoms with Gasteiger partial charge in [0.25, 0.3) is 5.69 Å². The molecule has 0 spiro atoms. The summed E-state index contributed by atoms with van der Waals surface area (Å²) in [7, 11) is -3.78. The van der Waals surface area contributed by atoms with E-state index in [1.807, 2.05) is 27.7 Å². The Morgan fingerprint density at radius 3 is 2.24 bits per heavy atom. The molecular weight excluding hydrogens is 336 g/mol. The third kappa shape index (κ3) is 4.64. The molecule has 0 saturated carbocycles. The zero-order valence-corrected chi connectivity index (χ0v) is 14.7. The molecule has 0 unspecified atom stereocenters. The molecule has 0 aliphatic rings. The van der Waals surface area contributed by atoms with Gasteiger partial charge >= 0.3 is 0 Å². The number of nitro groups is 1. The lowest BCUT2D eigenvalue weighted by molar-refractivity contribution is -0.384. The van der Waals surface area contributed by atoms with E-state index >= 15 is 0 Å². The van der Waals surface area contributed by atoms with Crippen molar-refractivity contribution in [3.63, 3.8) is 0 Å². The summed E-state index contributed by atoms with van der Waals surface area (Å²) in [5.41, 5.74) is -0.383. The molecule has 0 aromatic carbocycles. The fourth-order valence-electron chi connectivity index (χ4n) is 2.11. The van der Waals surface area contributed by atoms with Gasteiger partial charge in [-0.1, -0.05) is 39.3 Å². The standard InChI is InChI=1S/C12H19ClN2O4S2/c1-7(2)9(8(3)4)6-14-21(18,19)11-5-10(15(16)17)12(13)20-11/h5,7-9,14H,6H2,1-4H3. The Labute approximate surface area is 133 Å². The minimum atomic E-state index is -3.78. The first-order valence-electron chi connectivity index (χ1n) is 6.49. The van der Waals surface area contributed by atoms with E-state index in [1.54, 1.807) is 0 Å². The number of rotatable bonds is 7. The molecule has 0 aliphatic heterocycles. The van der Waals surface area contributed by atoms with Crippen LogP contribution in [0.5, 0.6) is 0 Å². The molecule has 0 amide bonds. The zero-order valence-electron chi connectivity index (χ0n) is 12.3. The van der Waals surface area contributed by atoms with Gasteiger partial charge in [-0.25, -0.2) is 13.1 Å². The van der Waals surface area contributed by atoms with Gasteiger partial charge in [0.15, 0.2) is 4.34 Å². The van der Waals surface area contributed by atoms with Gasteiger partial charge in [-0.3, -0.25) is 10.1 Å². The molecule has 0 radical (unpaired) electrons. The normalized spacial score (nSPS) is 12.6. The van der Waals surface area contributed by atoms with Gasteiger partial charge in [0.1, 0.15) is 4.21 Å². The molecule has 0 atom stereocenters.